The third-order valence-corrected chi connectivity index (χ3v) is 3.73. The number of amidine groups is 1. The molecule has 0 aromatic heterocycles. The maximum atomic E-state index is 13.5. The van der Waals surface area contributed by atoms with Crippen molar-refractivity contribution in [1.29, 1.82) is 0 Å². The Kier molecular flexibility index (Phi) is 7.22. The van der Waals surface area contributed by atoms with E-state index in [9.17, 15) is 4.39 Å². The van der Waals surface area contributed by atoms with E-state index in [0.717, 1.165) is 31.9 Å². The molecule has 0 saturated heterocycles. The molecule has 3 N–H and O–H groups in total. The monoisotopic (exact) mass is 305 g/mol. The standard InChI is InChI=1S/C16H25BFN3O/c1-4-6-13(7-5-10-17)16(8-9-16)22-12(2)21-11-14(18)15(19)20-3/h4,6,11,13,21H,2,5,7-10H2,1,3H3,(H2,19,20)/b6-4-,14-11?. The molecule has 1 aliphatic carbocycles. The lowest BCUT2D eigenvalue weighted by atomic mass is 9.89. The van der Waals surface area contributed by atoms with Gasteiger partial charge < -0.3 is 15.8 Å². The number of hydrogen-bond donors (Lipinski definition) is 2. The predicted molar refractivity (Wildman–Crippen MR) is 90.2 cm³/mol. The van der Waals surface area contributed by atoms with Crippen LogP contribution in [-0.4, -0.2) is 26.3 Å². The van der Waals surface area contributed by atoms with Gasteiger partial charge in [0.05, 0.1) is 7.85 Å². The summed E-state index contributed by atoms with van der Waals surface area (Å²) in [6.07, 6.45) is 9.76. The molecule has 1 unspecified atom stereocenters. The highest BCUT2D eigenvalue weighted by atomic mass is 19.1. The number of allylic oxidation sites excluding steroid dienone is 1. The molecule has 1 saturated carbocycles. The lowest BCUT2D eigenvalue weighted by molar-refractivity contribution is 0.0467. The second-order valence-corrected chi connectivity index (χ2v) is 5.40. The van der Waals surface area contributed by atoms with E-state index < -0.39 is 5.83 Å². The fraction of sp³-hybridized carbons (Fsp3) is 0.562. The van der Waals surface area contributed by atoms with E-state index in [0.29, 0.717) is 12.2 Å². The van der Waals surface area contributed by atoms with Crippen LogP contribution < -0.4 is 11.1 Å². The first-order valence-electron chi connectivity index (χ1n) is 7.54. The number of nitrogens with two attached hydrogens (primary N) is 1. The predicted octanol–water partition coefficient (Wildman–Crippen LogP) is 2.95. The highest BCUT2D eigenvalue weighted by Crippen LogP contribution is 2.49. The molecule has 0 spiro atoms. The van der Waals surface area contributed by atoms with Crippen molar-refractivity contribution in [2.45, 2.75) is 44.5 Å². The number of hydrogen-bond acceptors (Lipinski definition) is 3. The van der Waals surface area contributed by atoms with Crippen molar-refractivity contribution in [3.63, 3.8) is 0 Å². The minimum atomic E-state index is -0.648. The highest BCUT2D eigenvalue weighted by Gasteiger charge is 2.50. The maximum Gasteiger partial charge on any atom is 0.183 e. The minimum absolute atomic E-state index is 0.170. The SMILES string of the molecule is [B]CCCC(/C=C\C)C1(OC(=C)NC=C(F)C(N)=NC)CC1. The summed E-state index contributed by atoms with van der Waals surface area (Å²) in [6.45, 7) is 5.78. The van der Waals surface area contributed by atoms with Gasteiger partial charge in [0, 0.05) is 19.2 Å². The Hall–Kier alpha value is -1.72. The lowest BCUT2D eigenvalue weighted by Crippen LogP contribution is -2.27. The van der Waals surface area contributed by atoms with Gasteiger partial charge in [0.1, 0.15) is 5.60 Å². The van der Waals surface area contributed by atoms with E-state index >= 15 is 0 Å². The van der Waals surface area contributed by atoms with Crippen molar-refractivity contribution in [3.8, 4) is 0 Å². The topological polar surface area (TPSA) is 59.6 Å². The second-order valence-electron chi connectivity index (χ2n) is 5.40. The van der Waals surface area contributed by atoms with E-state index in [-0.39, 0.29) is 17.4 Å². The summed E-state index contributed by atoms with van der Waals surface area (Å²) >= 11 is 0. The minimum Gasteiger partial charge on any atom is -0.472 e. The molecule has 0 aromatic carbocycles. The van der Waals surface area contributed by atoms with Crippen LogP contribution in [0.2, 0.25) is 6.32 Å². The Balaban J connectivity index is 2.62. The Bertz CT molecular complexity index is 470. The van der Waals surface area contributed by atoms with Crippen molar-refractivity contribution in [3.05, 3.63) is 36.6 Å². The molecule has 1 rings (SSSR count). The summed E-state index contributed by atoms with van der Waals surface area (Å²) < 4.78 is 19.4. The number of nitrogens with one attached hydrogen (secondary N) is 1. The molecular weight excluding hydrogens is 280 g/mol. The fourth-order valence-electron chi connectivity index (χ4n) is 2.38. The molecule has 0 aliphatic heterocycles. The van der Waals surface area contributed by atoms with Gasteiger partial charge in [-0.25, -0.2) is 4.39 Å². The van der Waals surface area contributed by atoms with Crippen LogP contribution in [0.15, 0.2) is 41.6 Å². The Labute approximate surface area is 133 Å². The van der Waals surface area contributed by atoms with Crippen molar-refractivity contribution in [2.75, 3.05) is 7.05 Å². The maximum absolute atomic E-state index is 13.5. The number of rotatable bonds is 10. The summed E-state index contributed by atoms with van der Waals surface area (Å²) in [5.41, 5.74) is 5.11. The summed E-state index contributed by atoms with van der Waals surface area (Å²) in [5, 5.41) is 2.68. The Morgan fingerprint density at radius 3 is 2.77 bits per heavy atom. The molecule has 1 fully saturated rings. The van der Waals surface area contributed by atoms with Gasteiger partial charge in [-0.3, -0.25) is 4.99 Å². The van der Waals surface area contributed by atoms with Crippen molar-refractivity contribution < 1.29 is 9.13 Å². The van der Waals surface area contributed by atoms with Gasteiger partial charge in [0.15, 0.2) is 17.5 Å². The van der Waals surface area contributed by atoms with E-state index in [4.69, 9.17) is 18.3 Å². The van der Waals surface area contributed by atoms with Crippen LogP contribution in [-0.2, 0) is 4.74 Å². The van der Waals surface area contributed by atoms with Gasteiger partial charge in [-0.1, -0.05) is 24.9 Å². The number of nitrogens with zero attached hydrogens (tertiary/aromatic N) is 1. The van der Waals surface area contributed by atoms with Gasteiger partial charge in [-0.15, -0.1) is 0 Å². The molecule has 4 nitrogen and oxygen atoms in total. The molecule has 1 atom stereocenters. The van der Waals surface area contributed by atoms with Crippen LogP contribution in [0, 0.1) is 5.92 Å². The number of aliphatic imine (C=N–C) groups is 1. The summed E-state index contributed by atoms with van der Waals surface area (Å²) in [6, 6.07) is 0. The van der Waals surface area contributed by atoms with Crippen LogP contribution in [0.1, 0.15) is 32.6 Å². The third-order valence-electron chi connectivity index (χ3n) is 3.73. The average molecular weight is 305 g/mol. The number of ether oxygens (including phenoxy) is 1. The van der Waals surface area contributed by atoms with Crippen LogP contribution in [0.25, 0.3) is 0 Å². The van der Waals surface area contributed by atoms with Crippen LogP contribution in [0.3, 0.4) is 0 Å². The molecule has 120 valence electrons. The van der Waals surface area contributed by atoms with Crippen molar-refractivity contribution >= 4 is 13.7 Å². The van der Waals surface area contributed by atoms with E-state index in [1.807, 2.05) is 13.0 Å². The van der Waals surface area contributed by atoms with E-state index in [1.54, 1.807) is 0 Å². The molecule has 6 heteroatoms. The first-order valence-corrected chi connectivity index (χ1v) is 7.54. The Morgan fingerprint density at radius 2 is 2.27 bits per heavy atom. The van der Waals surface area contributed by atoms with Crippen molar-refractivity contribution in [1.82, 2.24) is 5.32 Å². The molecule has 0 amide bonds. The Morgan fingerprint density at radius 1 is 1.59 bits per heavy atom. The highest BCUT2D eigenvalue weighted by molar-refractivity contribution is 6.08. The smallest absolute Gasteiger partial charge is 0.183 e. The summed E-state index contributed by atoms with van der Waals surface area (Å²) in [5.74, 6) is -0.226. The fourth-order valence-corrected chi connectivity index (χ4v) is 2.38. The largest absolute Gasteiger partial charge is 0.472 e. The summed E-state index contributed by atoms with van der Waals surface area (Å²) in [7, 11) is 7.02. The molecular formula is C16H25BFN3O. The van der Waals surface area contributed by atoms with Gasteiger partial charge in [0.2, 0.25) is 0 Å². The molecule has 0 bridgehead atoms. The number of halogens is 1. The lowest BCUT2D eigenvalue weighted by Gasteiger charge is -2.26. The van der Waals surface area contributed by atoms with Crippen LogP contribution >= 0.6 is 0 Å². The zero-order valence-electron chi connectivity index (χ0n) is 13.4. The van der Waals surface area contributed by atoms with Crippen LogP contribution in [0.5, 0.6) is 0 Å². The van der Waals surface area contributed by atoms with Gasteiger partial charge in [-0.05, 0) is 32.8 Å². The zero-order valence-corrected chi connectivity index (χ0v) is 13.4. The van der Waals surface area contributed by atoms with E-state index in [1.165, 1.54) is 7.05 Å². The van der Waals surface area contributed by atoms with Crippen molar-refractivity contribution in [2.24, 2.45) is 16.6 Å². The zero-order chi connectivity index (χ0) is 16.6. The quantitative estimate of drug-likeness (QED) is 0.214. The van der Waals surface area contributed by atoms with Gasteiger partial charge in [0.25, 0.3) is 0 Å². The molecule has 2 radical (unpaired) electrons. The van der Waals surface area contributed by atoms with Gasteiger partial charge >= 0.3 is 0 Å². The molecule has 1 aliphatic rings. The molecule has 0 aromatic rings. The normalized spacial score (nSPS) is 19.0. The molecule has 0 heterocycles. The first kappa shape index (κ1) is 18.3. The summed E-state index contributed by atoms with van der Waals surface area (Å²) in [4.78, 5) is 3.56. The molecule has 22 heavy (non-hydrogen) atoms. The first-order chi connectivity index (χ1) is 10.5. The second kappa shape index (κ2) is 8.66. The average Bonchev–Trinajstić information content (AvgIpc) is 3.28. The van der Waals surface area contributed by atoms with E-state index in [2.05, 4.69) is 23.0 Å². The third kappa shape index (κ3) is 5.24. The van der Waals surface area contributed by atoms with Crippen LogP contribution in [0.4, 0.5) is 4.39 Å². The van der Waals surface area contributed by atoms with Gasteiger partial charge in [-0.2, -0.15) is 0 Å².